The van der Waals surface area contributed by atoms with Crippen LogP contribution in [0.3, 0.4) is 0 Å². The van der Waals surface area contributed by atoms with Crippen LogP contribution in [0.25, 0.3) is 0 Å². The fourth-order valence-electron chi connectivity index (χ4n) is 2.85. The number of rotatable bonds is 8. The number of benzene rings is 2. The molecule has 1 atom stereocenters. The second-order valence-corrected chi connectivity index (χ2v) is 6.75. The highest BCUT2D eigenvalue weighted by Crippen LogP contribution is 2.35. The maximum atomic E-state index is 13.0. The van der Waals surface area contributed by atoms with Crippen molar-refractivity contribution >= 4 is 5.91 Å². The van der Waals surface area contributed by atoms with Crippen LogP contribution in [0, 0.1) is 0 Å². The largest absolute Gasteiger partial charge is 0.487 e. The summed E-state index contributed by atoms with van der Waals surface area (Å²) in [5.41, 5.74) is 0.640. The van der Waals surface area contributed by atoms with Gasteiger partial charge in [-0.2, -0.15) is 13.2 Å². The Morgan fingerprint density at radius 1 is 1.03 bits per heavy atom. The maximum Gasteiger partial charge on any atom is 0.419 e. The van der Waals surface area contributed by atoms with Crippen LogP contribution in [0.4, 0.5) is 13.2 Å². The highest BCUT2D eigenvalue weighted by atomic mass is 19.4. The standard InChI is InChI=1S/C23H21F3N2O3/c1-16(17-7-6-9-19(13-17)30-14-18-8-4-5-12-27-18)28-22(29)15-31-21-11-3-2-10-20(21)23(24,25)26/h2-13,16H,14-15H2,1H3,(H,28,29). The first-order valence-corrected chi connectivity index (χ1v) is 9.54. The van der Waals surface area contributed by atoms with Gasteiger partial charge in [0.15, 0.2) is 6.61 Å². The molecule has 1 N–H and O–H groups in total. The highest BCUT2D eigenvalue weighted by molar-refractivity contribution is 5.78. The highest BCUT2D eigenvalue weighted by Gasteiger charge is 2.34. The lowest BCUT2D eigenvalue weighted by molar-refractivity contribution is -0.139. The van der Waals surface area contributed by atoms with E-state index in [0.29, 0.717) is 12.4 Å². The zero-order valence-corrected chi connectivity index (χ0v) is 16.7. The number of alkyl halides is 3. The number of nitrogens with zero attached hydrogens (tertiary/aromatic N) is 1. The van der Waals surface area contributed by atoms with Crippen molar-refractivity contribution in [1.82, 2.24) is 10.3 Å². The van der Waals surface area contributed by atoms with Crippen LogP contribution in [0.15, 0.2) is 72.9 Å². The Hall–Kier alpha value is -3.55. The Bertz CT molecular complexity index is 1010. The van der Waals surface area contributed by atoms with Crippen LogP contribution >= 0.6 is 0 Å². The molecule has 0 bridgehead atoms. The van der Waals surface area contributed by atoms with Crippen molar-refractivity contribution in [1.29, 1.82) is 0 Å². The lowest BCUT2D eigenvalue weighted by atomic mass is 10.1. The second kappa shape index (κ2) is 9.97. The minimum Gasteiger partial charge on any atom is -0.487 e. The third-order valence-corrected chi connectivity index (χ3v) is 4.40. The van der Waals surface area contributed by atoms with Crippen LogP contribution in [0.2, 0.25) is 0 Å². The molecule has 0 aliphatic carbocycles. The smallest absolute Gasteiger partial charge is 0.419 e. The summed E-state index contributed by atoms with van der Waals surface area (Å²) >= 11 is 0. The Kier molecular flexibility index (Phi) is 7.12. The lowest BCUT2D eigenvalue weighted by Gasteiger charge is -2.17. The molecule has 0 saturated heterocycles. The first-order chi connectivity index (χ1) is 14.8. The Morgan fingerprint density at radius 3 is 2.55 bits per heavy atom. The van der Waals surface area contributed by atoms with E-state index >= 15 is 0 Å². The van der Waals surface area contributed by atoms with Crippen LogP contribution in [-0.2, 0) is 17.6 Å². The molecule has 0 spiro atoms. The zero-order chi connectivity index (χ0) is 22.3. The van der Waals surface area contributed by atoms with Gasteiger partial charge in [0.25, 0.3) is 5.91 Å². The molecule has 3 rings (SSSR count). The van der Waals surface area contributed by atoms with E-state index in [1.807, 2.05) is 24.3 Å². The second-order valence-electron chi connectivity index (χ2n) is 6.75. The normalized spacial score (nSPS) is 12.1. The predicted molar refractivity (Wildman–Crippen MR) is 109 cm³/mol. The van der Waals surface area contributed by atoms with Crippen molar-refractivity contribution in [3.63, 3.8) is 0 Å². The first kappa shape index (κ1) is 22.1. The third kappa shape index (κ3) is 6.47. The van der Waals surface area contributed by atoms with E-state index in [1.54, 1.807) is 31.3 Å². The number of carbonyl (C=O) groups excluding carboxylic acids is 1. The summed E-state index contributed by atoms with van der Waals surface area (Å²) < 4.78 is 49.9. The number of amides is 1. The molecule has 1 aromatic heterocycles. The number of aromatic nitrogens is 1. The molecule has 3 aromatic rings. The van der Waals surface area contributed by atoms with Crippen molar-refractivity contribution in [3.05, 3.63) is 89.7 Å². The quantitative estimate of drug-likeness (QED) is 0.550. The van der Waals surface area contributed by atoms with Crippen molar-refractivity contribution in [3.8, 4) is 11.5 Å². The minimum atomic E-state index is -4.56. The molecule has 0 radical (unpaired) electrons. The van der Waals surface area contributed by atoms with E-state index < -0.39 is 30.3 Å². The molecule has 2 aromatic carbocycles. The Morgan fingerprint density at radius 2 is 1.81 bits per heavy atom. The molecule has 0 fully saturated rings. The molecular formula is C23H21F3N2O3. The molecule has 162 valence electrons. The number of hydrogen-bond acceptors (Lipinski definition) is 4. The van der Waals surface area contributed by atoms with E-state index in [1.165, 1.54) is 18.2 Å². The Labute approximate surface area is 177 Å². The summed E-state index contributed by atoms with van der Waals surface area (Å²) in [6.07, 6.45) is -2.88. The molecule has 1 heterocycles. The summed E-state index contributed by atoms with van der Waals surface area (Å²) in [7, 11) is 0. The van der Waals surface area contributed by atoms with Gasteiger partial charge < -0.3 is 14.8 Å². The van der Waals surface area contributed by atoms with Gasteiger partial charge in [-0.05, 0) is 48.9 Å². The van der Waals surface area contributed by atoms with Crippen LogP contribution in [-0.4, -0.2) is 17.5 Å². The van der Waals surface area contributed by atoms with E-state index in [0.717, 1.165) is 17.3 Å². The third-order valence-electron chi connectivity index (χ3n) is 4.40. The monoisotopic (exact) mass is 430 g/mol. The lowest BCUT2D eigenvalue weighted by Crippen LogP contribution is -2.31. The fourth-order valence-corrected chi connectivity index (χ4v) is 2.85. The summed E-state index contributed by atoms with van der Waals surface area (Å²) in [6.45, 7) is 1.53. The number of halogens is 3. The van der Waals surface area contributed by atoms with E-state index in [-0.39, 0.29) is 5.75 Å². The van der Waals surface area contributed by atoms with E-state index in [2.05, 4.69) is 10.3 Å². The van der Waals surface area contributed by atoms with Gasteiger partial charge in [-0.15, -0.1) is 0 Å². The van der Waals surface area contributed by atoms with Gasteiger partial charge in [0.2, 0.25) is 0 Å². The molecule has 0 saturated carbocycles. The van der Waals surface area contributed by atoms with Gasteiger partial charge in [-0.25, -0.2) is 0 Å². The number of ether oxygens (including phenoxy) is 2. The number of hydrogen-bond donors (Lipinski definition) is 1. The zero-order valence-electron chi connectivity index (χ0n) is 16.7. The first-order valence-electron chi connectivity index (χ1n) is 9.54. The number of pyridine rings is 1. The van der Waals surface area contributed by atoms with Gasteiger partial charge in [-0.3, -0.25) is 9.78 Å². The number of nitrogens with one attached hydrogen (secondary N) is 1. The van der Waals surface area contributed by atoms with Gasteiger partial charge in [0, 0.05) is 6.20 Å². The summed E-state index contributed by atoms with van der Waals surface area (Å²) in [4.78, 5) is 16.4. The molecule has 8 heteroatoms. The predicted octanol–water partition coefficient (Wildman–Crippen LogP) is 4.94. The molecular weight excluding hydrogens is 409 g/mol. The average molecular weight is 430 g/mol. The van der Waals surface area contributed by atoms with E-state index in [9.17, 15) is 18.0 Å². The van der Waals surface area contributed by atoms with Crippen LogP contribution < -0.4 is 14.8 Å². The molecule has 31 heavy (non-hydrogen) atoms. The Balaban J connectivity index is 1.55. The molecule has 5 nitrogen and oxygen atoms in total. The van der Waals surface area contributed by atoms with E-state index in [4.69, 9.17) is 9.47 Å². The minimum absolute atomic E-state index is 0.303. The fraction of sp³-hybridized carbons (Fsp3) is 0.217. The van der Waals surface area contributed by atoms with Crippen molar-refractivity contribution in [2.45, 2.75) is 25.7 Å². The molecule has 0 aliphatic rings. The number of carbonyl (C=O) groups is 1. The number of para-hydroxylation sites is 1. The van der Waals surface area contributed by atoms with Crippen molar-refractivity contribution < 1.29 is 27.4 Å². The van der Waals surface area contributed by atoms with Crippen molar-refractivity contribution in [2.24, 2.45) is 0 Å². The van der Waals surface area contributed by atoms with Gasteiger partial charge in [0.05, 0.1) is 17.3 Å². The SMILES string of the molecule is CC(NC(=O)COc1ccccc1C(F)(F)F)c1cccc(OCc2ccccn2)c1. The molecule has 1 amide bonds. The summed E-state index contributed by atoms with van der Waals surface area (Å²) in [5.74, 6) is -0.313. The van der Waals surface area contributed by atoms with Crippen LogP contribution in [0.1, 0.15) is 29.8 Å². The van der Waals surface area contributed by atoms with Crippen molar-refractivity contribution in [2.75, 3.05) is 6.61 Å². The van der Waals surface area contributed by atoms with Gasteiger partial charge >= 0.3 is 6.18 Å². The molecule has 0 aliphatic heterocycles. The average Bonchev–Trinajstić information content (AvgIpc) is 2.77. The topological polar surface area (TPSA) is 60.5 Å². The van der Waals surface area contributed by atoms with Crippen LogP contribution in [0.5, 0.6) is 11.5 Å². The van der Waals surface area contributed by atoms with Gasteiger partial charge in [0.1, 0.15) is 18.1 Å². The maximum absolute atomic E-state index is 13.0. The van der Waals surface area contributed by atoms with Gasteiger partial charge in [-0.1, -0.05) is 30.3 Å². The summed E-state index contributed by atoms with van der Waals surface area (Å²) in [5, 5.41) is 2.71. The molecule has 1 unspecified atom stereocenters. The summed E-state index contributed by atoms with van der Waals surface area (Å²) in [6, 6.07) is 17.1.